The van der Waals surface area contributed by atoms with E-state index in [4.69, 9.17) is 0 Å². The van der Waals surface area contributed by atoms with Crippen LogP contribution in [-0.2, 0) is 14.8 Å². The Morgan fingerprint density at radius 3 is 2.67 bits per heavy atom. The van der Waals surface area contributed by atoms with Gasteiger partial charge >= 0.3 is 0 Å². The predicted octanol–water partition coefficient (Wildman–Crippen LogP) is 3.28. The Morgan fingerprint density at radius 2 is 2.00 bits per heavy atom. The second-order valence-electron chi connectivity index (χ2n) is 6.37. The van der Waals surface area contributed by atoms with Crippen LogP contribution in [0.15, 0.2) is 53.6 Å². The first-order valence-corrected chi connectivity index (χ1v) is 10.4. The standard InChI is InChI=1S/C19H20FN3O3S/c1-3-19(24)23-18(14-7-4-8-15(20)10-14)12-17(21-23)13-6-5-9-16(11-13)22-27(2,25)26/h4-11,18,22H,3,12H2,1-2H3. The lowest BCUT2D eigenvalue weighted by Gasteiger charge is -2.21. The number of hydrazone groups is 1. The molecule has 1 unspecified atom stereocenters. The van der Waals surface area contributed by atoms with Crippen LogP contribution in [-0.4, -0.2) is 31.3 Å². The molecule has 1 amide bonds. The van der Waals surface area contributed by atoms with Crippen molar-refractivity contribution in [3.63, 3.8) is 0 Å². The Hall–Kier alpha value is -2.74. The molecule has 0 radical (unpaired) electrons. The number of anilines is 1. The first-order valence-electron chi connectivity index (χ1n) is 8.50. The maximum absolute atomic E-state index is 13.7. The van der Waals surface area contributed by atoms with Crippen molar-refractivity contribution in [1.29, 1.82) is 0 Å². The van der Waals surface area contributed by atoms with Crippen LogP contribution in [0.2, 0.25) is 0 Å². The van der Waals surface area contributed by atoms with Gasteiger partial charge < -0.3 is 0 Å². The topological polar surface area (TPSA) is 78.8 Å². The van der Waals surface area contributed by atoms with Gasteiger partial charge in [0.1, 0.15) is 5.82 Å². The molecule has 6 nitrogen and oxygen atoms in total. The lowest BCUT2D eigenvalue weighted by Crippen LogP contribution is -2.26. The van der Waals surface area contributed by atoms with Gasteiger partial charge in [-0.2, -0.15) is 5.10 Å². The SMILES string of the molecule is CCC(=O)N1N=C(c2cccc(NS(C)(=O)=O)c2)CC1c1cccc(F)c1. The van der Waals surface area contributed by atoms with Gasteiger partial charge in [-0.15, -0.1) is 0 Å². The zero-order valence-corrected chi connectivity index (χ0v) is 15.8. The molecule has 3 rings (SSSR count). The monoisotopic (exact) mass is 389 g/mol. The number of nitrogens with zero attached hydrogens (tertiary/aromatic N) is 2. The lowest BCUT2D eigenvalue weighted by atomic mass is 9.98. The van der Waals surface area contributed by atoms with Crippen LogP contribution in [0, 0.1) is 5.82 Å². The minimum absolute atomic E-state index is 0.162. The minimum atomic E-state index is -3.40. The summed E-state index contributed by atoms with van der Waals surface area (Å²) < 4.78 is 39.0. The molecule has 2 aromatic carbocycles. The number of carbonyl (C=O) groups excluding carboxylic acids is 1. The van der Waals surface area contributed by atoms with Crippen LogP contribution in [0.4, 0.5) is 10.1 Å². The minimum Gasteiger partial charge on any atom is -0.284 e. The fraction of sp³-hybridized carbons (Fsp3) is 0.263. The van der Waals surface area contributed by atoms with Crippen LogP contribution >= 0.6 is 0 Å². The average molecular weight is 389 g/mol. The summed E-state index contributed by atoms with van der Waals surface area (Å²) in [4.78, 5) is 12.3. The van der Waals surface area contributed by atoms with Gasteiger partial charge in [-0.1, -0.05) is 31.2 Å². The van der Waals surface area contributed by atoms with E-state index in [1.807, 2.05) is 0 Å². The normalized spacial score (nSPS) is 16.9. The summed E-state index contributed by atoms with van der Waals surface area (Å²) in [7, 11) is -3.40. The van der Waals surface area contributed by atoms with E-state index in [1.54, 1.807) is 43.3 Å². The summed E-state index contributed by atoms with van der Waals surface area (Å²) in [6.45, 7) is 1.75. The highest BCUT2D eigenvalue weighted by Gasteiger charge is 2.32. The van der Waals surface area contributed by atoms with E-state index in [1.165, 1.54) is 17.1 Å². The van der Waals surface area contributed by atoms with E-state index in [-0.39, 0.29) is 18.1 Å². The van der Waals surface area contributed by atoms with Crippen molar-refractivity contribution in [2.24, 2.45) is 5.10 Å². The summed E-state index contributed by atoms with van der Waals surface area (Å²) in [5, 5.41) is 5.84. The first kappa shape index (κ1) is 19.0. The molecule has 142 valence electrons. The molecule has 27 heavy (non-hydrogen) atoms. The number of sulfonamides is 1. The Morgan fingerprint density at radius 1 is 1.26 bits per heavy atom. The van der Waals surface area contributed by atoms with Crippen molar-refractivity contribution in [2.45, 2.75) is 25.8 Å². The molecule has 1 N–H and O–H groups in total. The van der Waals surface area contributed by atoms with Crippen molar-refractivity contribution in [3.05, 3.63) is 65.5 Å². The number of amides is 1. The zero-order chi connectivity index (χ0) is 19.6. The van der Waals surface area contributed by atoms with E-state index in [2.05, 4.69) is 9.82 Å². The third-order valence-corrected chi connectivity index (χ3v) is 4.81. The average Bonchev–Trinajstić information content (AvgIpc) is 3.05. The van der Waals surface area contributed by atoms with Gasteiger partial charge in [0.15, 0.2) is 0 Å². The molecule has 2 aromatic rings. The molecular weight excluding hydrogens is 369 g/mol. The van der Waals surface area contributed by atoms with E-state index in [9.17, 15) is 17.6 Å². The van der Waals surface area contributed by atoms with Crippen molar-refractivity contribution in [3.8, 4) is 0 Å². The molecule has 1 aliphatic heterocycles. The number of hydrogen-bond acceptors (Lipinski definition) is 4. The predicted molar refractivity (Wildman–Crippen MR) is 102 cm³/mol. The number of benzene rings is 2. The zero-order valence-electron chi connectivity index (χ0n) is 15.0. The summed E-state index contributed by atoms with van der Waals surface area (Å²) >= 11 is 0. The highest BCUT2D eigenvalue weighted by molar-refractivity contribution is 7.92. The van der Waals surface area contributed by atoms with E-state index in [0.29, 0.717) is 28.9 Å². The van der Waals surface area contributed by atoms with Crippen LogP contribution in [0.3, 0.4) is 0 Å². The lowest BCUT2D eigenvalue weighted by molar-refractivity contribution is -0.132. The number of halogens is 1. The Kier molecular flexibility index (Phi) is 5.27. The summed E-state index contributed by atoms with van der Waals surface area (Å²) in [6.07, 6.45) is 1.77. The largest absolute Gasteiger partial charge is 0.284 e. The van der Waals surface area contributed by atoms with Crippen LogP contribution in [0.1, 0.15) is 36.9 Å². The molecule has 1 atom stereocenters. The molecule has 0 aromatic heterocycles. The maximum atomic E-state index is 13.7. The molecule has 8 heteroatoms. The molecular formula is C19H20FN3O3S. The van der Waals surface area contributed by atoms with Crippen molar-refractivity contribution < 1.29 is 17.6 Å². The highest BCUT2D eigenvalue weighted by Crippen LogP contribution is 2.33. The van der Waals surface area contributed by atoms with Crippen LogP contribution in [0.5, 0.6) is 0 Å². The van der Waals surface area contributed by atoms with E-state index >= 15 is 0 Å². The molecule has 1 aliphatic rings. The van der Waals surface area contributed by atoms with Gasteiger partial charge in [0.2, 0.25) is 15.9 Å². The molecule has 0 fully saturated rings. The fourth-order valence-corrected chi connectivity index (χ4v) is 3.58. The van der Waals surface area contributed by atoms with Crippen molar-refractivity contribution in [2.75, 3.05) is 11.0 Å². The van der Waals surface area contributed by atoms with Gasteiger partial charge in [0, 0.05) is 18.5 Å². The van der Waals surface area contributed by atoms with Gasteiger partial charge in [0.05, 0.1) is 18.0 Å². The summed E-state index contributed by atoms with van der Waals surface area (Å²) in [6, 6.07) is 12.6. The van der Waals surface area contributed by atoms with E-state index < -0.39 is 16.1 Å². The Labute approximate surface area is 157 Å². The number of rotatable bonds is 5. The van der Waals surface area contributed by atoms with Gasteiger partial charge in [-0.05, 0) is 35.4 Å². The quantitative estimate of drug-likeness (QED) is 0.852. The Balaban J connectivity index is 1.95. The molecule has 0 bridgehead atoms. The van der Waals surface area contributed by atoms with Gasteiger partial charge in [0.25, 0.3) is 0 Å². The molecule has 0 aliphatic carbocycles. The highest BCUT2D eigenvalue weighted by atomic mass is 32.2. The van der Waals surface area contributed by atoms with E-state index in [0.717, 1.165) is 6.26 Å². The molecule has 0 saturated heterocycles. The van der Waals surface area contributed by atoms with Crippen LogP contribution < -0.4 is 4.72 Å². The molecule has 0 spiro atoms. The molecule has 0 saturated carbocycles. The summed E-state index contributed by atoms with van der Waals surface area (Å²) in [5.41, 5.74) is 2.43. The summed E-state index contributed by atoms with van der Waals surface area (Å²) in [5.74, 6) is -0.533. The van der Waals surface area contributed by atoms with Gasteiger partial charge in [-0.25, -0.2) is 17.8 Å². The number of nitrogens with one attached hydrogen (secondary N) is 1. The van der Waals surface area contributed by atoms with Crippen LogP contribution in [0.25, 0.3) is 0 Å². The number of carbonyl (C=O) groups is 1. The number of hydrogen-bond donors (Lipinski definition) is 1. The smallest absolute Gasteiger partial charge is 0.242 e. The third kappa shape index (κ3) is 4.51. The second-order valence-corrected chi connectivity index (χ2v) is 8.12. The van der Waals surface area contributed by atoms with Gasteiger partial charge in [-0.3, -0.25) is 9.52 Å². The van der Waals surface area contributed by atoms with Crippen molar-refractivity contribution >= 4 is 27.3 Å². The fourth-order valence-electron chi connectivity index (χ4n) is 3.03. The Bertz CT molecular complexity index is 1000. The van der Waals surface area contributed by atoms with Crippen molar-refractivity contribution in [1.82, 2.24) is 5.01 Å². The third-order valence-electron chi connectivity index (χ3n) is 4.20. The molecule has 1 heterocycles. The maximum Gasteiger partial charge on any atom is 0.242 e. The second kappa shape index (κ2) is 7.48. The first-order chi connectivity index (χ1) is 12.8.